The molecule has 0 N–H and O–H groups in total. The molecule has 1 spiro atoms. The van der Waals surface area contributed by atoms with E-state index in [1.165, 1.54) is 50.5 Å². The fraction of sp³-hybridized carbons (Fsp3) is 0.875. The zero-order chi connectivity index (χ0) is 19.0. The quantitative estimate of drug-likeness (QED) is 0.508. The lowest BCUT2D eigenvalue weighted by molar-refractivity contribution is -0.152. The maximum Gasteiger partial charge on any atom is 0.330 e. The number of hydrogen-bond donors (Lipinski definition) is 0. The Balaban J connectivity index is 1.47. The summed E-state index contributed by atoms with van der Waals surface area (Å²) < 4.78 is 11.4. The number of esters is 1. The number of hydrogen-bond acceptors (Lipinski definition) is 3. The van der Waals surface area contributed by atoms with Gasteiger partial charge in [0.1, 0.15) is 0 Å². The molecule has 8 atom stereocenters. The summed E-state index contributed by atoms with van der Waals surface area (Å²) in [6.07, 6.45) is 12.7. The predicted molar refractivity (Wildman–Crippen MR) is 105 cm³/mol. The summed E-state index contributed by atoms with van der Waals surface area (Å²) in [5.74, 6) is 3.12. The van der Waals surface area contributed by atoms with E-state index in [4.69, 9.17) is 9.47 Å². The molecule has 5 fully saturated rings. The highest BCUT2D eigenvalue weighted by molar-refractivity contribution is 5.83. The molecule has 0 saturated heterocycles. The third-order valence-corrected chi connectivity index (χ3v) is 10.3. The van der Waals surface area contributed by atoms with Crippen molar-refractivity contribution in [2.75, 3.05) is 13.7 Å². The van der Waals surface area contributed by atoms with Crippen LogP contribution in [0, 0.1) is 39.9 Å². The first-order valence-electron chi connectivity index (χ1n) is 11.3. The molecule has 0 heterocycles. The van der Waals surface area contributed by atoms with E-state index in [1.807, 2.05) is 20.1 Å². The van der Waals surface area contributed by atoms with Crippen LogP contribution >= 0.6 is 0 Å². The smallest absolute Gasteiger partial charge is 0.330 e. The SMILES string of the molecule is CCOC(=O)C=C1CC[C@H]2[C@@H]3C[C@@H](OC)[C@]45C[C@@H]4CC[C@]5(C)[C@H]3CC[C@]12C. The Morgan fingerprint density at radius 2 is 2.00 bits per heavy atom. The molecule has 0 aromatic rings. The standard InChI is InChI=1S/C24H36O3/c1-5-27-21(25)12-15-6-7-18-17-13-20(26-4)24-14-16(24)8-11-23(24,3)19(17)9-10-22(15,18)2/h12,16-20H,5-11,13-14H2,1-4H3/t16-,17-,18-,19-,20+,22+,23+,24-/m0/s1. The molecule has 5 rings (SSSR count). The molecule has 5 aliphatic carbocycles. The first-order chi connectivity index (χ1) is 12.9. The maximum atomic E-state index is 12.1. The molecule has 0 aromatic heterocycles. The second-order valence-electron chi connectivity index (χ2n) is 10.7. The molecule has 3 heteroatoms. The molecule has 0 aliphatic heterocycles. The molecule has 0 amide bonds. The Morgan fingerprint density at radius 3 is 2.70 bits per heavy atom. The van der Waals surface area contributed by atoms with Crippen LogP contribution in [0.5, 0.6) is 0 Å². The van der Waals surface area contributed by atoms with Gasteiger partial charge >= 0.3 is 5.97 Å². The highest BCUT2D eigenvalue weighted by Gasteiger charge is 2.77. The van der Waals surface area contributed by atoms with Crippen molar-refractivity contribution in [2.24, 2.45) is 39.9 Å². The number of carbonyl (C=O) groups is 1. The van der Waals surface area contributed by atoms with Crippen molar-refractivity contribution in [1.82, 2.24) is 0 Å². The van der Waals surface area contributed by atoms with Crippen molar-refractivity contribution >= 4 is 5.97 Å². The van der Waals surface area contributed by atoms with Gasteiger partial charge in [-0.25, -0.2) is 4.79 Å². The van der Waals surface area contributed by atoms with Gasteiger partial charge in [-0.2, -0.15) is 0 Å². The van der Waals surface area contributed by atoms with E-state index in [0.29, 0.717) is 29.5 Å². The van der Waals surface area contributed by atoms with Gasteiger partial charge in [-0.1, -0.05) is 19.4 Å². The van der Waals surface area contributed by atoms with E-state index < -0.39 is 0 Å². The first-order valence-corrected chi connectivity index (χ1v) is 11.3. The van der Waals surface area contributed by atoms with Gasteiger partial charge in [-0.05, 0) is 92.8 Å². The Kier molecular flexibility index (Phi) is 3.94. The van der Waals surface area contributed by atoms with Gasteiger partial charge in [0.15, 0.2) is 0 Å². The van der Waals surface area contributed by atoms with Crippen LogP contribution in [0.4, 0.5) is 0 Å². The van der Waals surface area contributed by atoms with Crippen molar-refractivity contribution < 1.29 is 14.3 Å². The predicted octanol–water partition coefficient (Wildman–Crippen LogP) is 5.14. The summed E-state index contributed by atoms with van der Waals surface area (Å²) >= 11 is 0. The monoisotopic (exact) mass is 372 g/mol. The topological polar surface area (TPSA) is 35.5 Å². The van der Waals surface area contributed by atoms with Crippen molar-refractivity contribution in [3.05, 3.63) is 11.6 Å². The van der Waals surface area contributed by atoms with E-state index in [9.17, 15) is 4.79 Å². The molecular formula is C24H36O3. The van der Waals surface area contributed by atoms with Crippen LogP contribution in [-0.4, -0.2) is 25.8 Å². The molecule has 0 radical (unpaired) electrons. The summed E-state index contributed by atoms with van der Waals surface area (Å²) in [7, 11) is 1.95. The minimum Gasteiger partial charge on any atom is -0.463 e. The molecule has 0 bridgehead atoms. The lowest BCUT2D eigenvalue weighted by Gasteiger charge is -2.60. The molecule has 150 valence electrons. The van der Waals surface area contributed by atoms with Crippen LogP contribution in [0.3, 0.4) is 0 Å². The third kappa shape index (κ3) is 2.16. The van der Waals surface area contributed by atoms with Crippen LogP contribution < -0.4 is 0 Å². The van der Waals surface area contributed by atoms with E-state index in [-0.39, 0.29) is 11.4 Å². The molecule has 3 nitrogen and oxygen atoms in total. The Morgan fingerprint density at radius 1 is 1.19 bits per heavy atom. The van der Waals surface area contributed by atoms with Gasteiger partial charge in [-0.3, -0.25) is 0 Å². The van der Waals surface area contributed by atoms with Gasteiger partial charge in [0.25, 0.3) is 0 Å². The van der Waals surface area contributed by atoms with Gasteiger partial charge in [-0.15, -0.1) is 0 Å². The molecule has 5 aliphatic rings. The lowest BCUT2D eigenvalue weighted by Crippen LogP contribution is -2.56. The van der Waals surface area contributed by atoms with Crippen LogP contribution in [0.25, 0.3) is 0 Å². The number of rotatable bonds is 3. The van der Waals surface area contributed by atoms with E-state index >= 15 is 0 Å². The van der Waals surface area contributed by atoms with Crippen molar-refractivity contribution in [2.45, 2.75) is 78.2 Å². The third-order valence-electron chi connectivity index (χ3n) is 10.3. The summed E-state index contributed by atoms with van der Waals surface area (Å²) in [6.45, 7) is 7.41. The second-order valence-corrected chi connectivity index (χ2v) is 10.7. The summed E-state index contributed by atoms with van der Waals surface area (Å²) in [5, 5.41) is 0. The number of ether oxygens (including phenoxy) is 2. The molecular weight excluding hydrogens is 336 g/mol. The van der Waals surface area contributed by atoms with Crippen LogP contribution in [0.1, 0.15) is 72.1 Å². The average molecular weight is 373 g/mol. The number of allylic oxidation sites excluding steroid dienone is 1. The number of carbonyl (C=O) groups excluding carboxylic acids is 1. The minimum absolute atomic E-state index is 0.141. The Bertz CT molecular complexity index is 683. The molecule has 0 aromatic carbocycles. The highest BCUT2D eigenvalue weighted by atomic mass is 16.5. The molecule has 0 unspecified atom stereocenters. The fourth-order valence-corrected chi connectivity index (χ4v) is 8.99. The Hall–Kier alpha value is -0.830. The van der Waals surface area contributed by atoms with Crippen LogP contribution in [0.2, 0.25) is 0 Å². The largest absolute Gasteiger partial charge is 0.463 e. The first kappa shape index (κ1) is 18.2. The highest BCUT2D eigenvalue weighted by Crippen LogP contribution is 2.82. The summed E-state index contributed by atoms with van der Waals surface area (Å²) in [6, 6.07) is 0. The zero-order valence-electron chi connectivity index (χ0n) is 17.6. The van der Waals surface area contributed by atoms with Crippen LogP contribution in [0.15, 0.2) is 11.6 Å². The van der Waals surface area contributed by atoms with Crippen molar-refractivity contribution in [1.29, 1.82) is 0 Å². The van der Waals surface area contributed by atoms with Gasteiger partial charge in [0.2, 0.25) is 0 Å². The van der Waals surface area contributed by atoms with E-state index in [2.05, 4.69) is 13.8 Å². The van der Waals surface area contributed by atoms with Gasteiger partial charge in [0.05, 0.1) is 12.7 Å². The zero-order valence-corrected chi connectivity index (χ0v) is 17.6. The summed E-state index contributed by atoms with van der Waals surface area (Å²) in [4.78, 5) is 12.1. The molecule has 5 saturated carbocycles. The average Bonchev–Trinajstić information content (AvgIpc) is 3.17. The normalized spacial score (nSPS) is 54.1. The van der Waals surface area contributed by atoms with Crippen molar-refractivity contribution in [3.63, 3.8) is 0 Å². The van der Waals surface area contributed by atoms with Gasteiger partial charge in [0, 0.05) is 18.6 Å². The van der Waals surface area contributed by atoms with Crippen molar-refractivity contribution in [3.8, 4) is 0 Å². The lowest BCUT2D eigenvalue weighted by atomic mass is 9.46. The number of methoxy groups -OCH3 is 1. The van der Waals surface area contributed by atoms with Crippen LogP contribution in [-0.2, 0) is 14.3 Å². The fourth-order valence-electron chi connectivity index (χ4n) is 8.99. The second kappa shape index (κ2) is 5.84. The van der Waals surface area contributed by atoms with E-state index in [1.54, 1.807) is 0 Å². The maximum absolute atomic E-state index is 12.1. The Labute approximate surface area is 164 Å². The summed E-state index contributed by atoms with van der Waals surface area (Å²) in [5.41, 5.74) is 2.53. The van der Waals surface area contributed by atoms with Gasteiger partial charge < -0.3 is 9.47 Å². The number of fused-ring (bicyclic) bond motifs is 4. The molecule has 27 heavy (non-hydrogen) atoms. The minimum atomic E-state index is -0.141. The van der Waals surface area contributed by atoms with E-state index in [0.717, 1.165) is 24.2 Å².